The van der Waals surface area contributed by atoms with Gasteiger partial charge in [0.2, 0.25) is 0 Å². The van der Waals surface area contributed by atoms with Crippen LogP contribution >= 0.6 is 11.6 Å². The minimum atomic E-state index is -0.936. The highest BCUT2D eigenvalue weighted by Gasteiger charge is 2.19. The molecule has 1 N–H and O–H groups in total. The number of fused-ring (bicyclic) bond motifs is 2. The minimum absolute atomic E-state index is 0.166. The SMILES string of the molecule is Cc1cccc2c1c(CC(=O)O)nn2-c1nc2cc(Cl)ccc2o1. The molecule has 4 rings (SSSR count). The molecule has 0 aliphatic rings. The zero-order valence-electron chi connectivity index (χ0n) is 12.7. The predicted molar refractivity (Wildman–Crippen MR) is 89.7 cm³/mol. The van der Waals surface area contributed by atoms with Crippen LogP contribution in [0.4, 0.5) is 0 Å². The summed E-state index contributed by atoms with van der Waals surface area (Å²) in [6.45, 7) is 1.92. The molecule has 0 saturated carbocycles. The number of nitrogens with zero attached hydrogens (tertiary/aromatic N) is 3. The van der Waals surface area contributed by atoms with E-state index in [2.05, 4.69) is 10.1 Å². The number of hydrogen-bond acceptors (Lipinski definition) is 4. The predicted octanol–water partition coefficient (Wildman–Crippen LogP) is 3.76. The third kappa shape index (κ3) is 2.32. The van der Waals surface area contributed by atoms with Crippen molar-refractivity contribution in [1.29, 1.82) is 0 Å². The van der Waals surface area contributed by atoms with Gasteiger partial charge in [0, 0.05) is 10.4 Å². The third-order valence-corrected chi connectivity index (χ3v) is 4.06. The van der Waals surface area contributed by atoms with Crippen LogP contribution in [0.15, 0.2) is 40.8 Å². The molecule has 6 nitrogen and oxygen atoms in total. The number of aryl methyl sites for hydroxylation is 1. The molecule has 7 heteroatoms. The van der Waals surface area contributed by atoms with E-state index in [1.807, 2.05) is 25.1 Å². The highest BCUT2D eigenvalue weighted by Crippen LogP contribution is 2.28. The average Bonchev–Trinajstić information content (AvgIpc) is 3.08. The quantitative estimate of drug-likeness (QED) is 0.613. The van der Waals surface area contributed by atoms with Crippen molar-refractivity contribution in [2.45, 2.75) is 13.3 Å². The van der Waals surface area contributed by atoms with Crippen LogP contribution in [-0.2, 0) is 11.2 Å². The van der Waals surface area contributed by atoms with Crippen molar-refractivity contribution in [3.63, 3.8) is 0 Å². The maximum atomic E-state index is 11.1. The molecular weight excluding hydrogens is 330 g/mol. The molecule has 0 atom stereocenters. The first kappa shape index (κ1) is 14.7. The molecule has 0 radical (unpaired) electrons. The second-order valence-electron chi connectivity index (χ2n) is 5.51. The summed E-state index contributed by atoms with van der Waals surface area (Å²) in [4.78, 5) is 15.6. The van der Waals surface area contributed by atoms with Crippen LogP contribution in [0, 0.1) is 6.92 Å². The molecule has 0 amide bonds. The fourth-order valence-corrected chi connectivity index (χ4v) is 2.99. The van der Waals surface area contributed by atoms with Crippen LogP contribution in [0.1, 0.15) is 11.3 Å². The first-order valence-electron chi connectivity index (χ1n) is 7.28. The van der Waals surface area contributed by atoms with Gasteiger partial charge in [-0.05, 0) is 36.8 Å². The average molecular weight is 342 g/mol. The molecule has 2 heterocycles. The van der Waals surface area contributed by atoms with E-state index in [9.17, 15) is 4.79 Å². The number of aliphatic carboxylic acids is 1. The Morgan fingerprint density at radius 1 is 1.33 bits per heavy atom. The van der Waals surface area contributed by atoms with Gasteiger partial charge < -0.3 is 9.52 Å². The van der Waals surface area contributed by atoms with Gasteiger partial charge in [0.15, 0.2) is 5.58 Å². The third-order valence-electron chi connectivity index (χ3n) is 3.83. The van der Waals surface area contributed by atoms with Gasteiger partial charge >= 0.3 is 12.0 Å². The lowest BCUT2D eigenvalue weighted by Crippen LogP contribution is -2.03. The maximum absolute atomic E-state index is 11.1. The van der Waals surface area contributed by atoms with E-state index in [0.717, 1.165) is 16.5 Å². The van der Waals surface area contributed by atoms with Crippen molar-refractivity contribution in [1.82, 2.24) is 14.8 Å². The number of hydrogen-bond donors (Lipinski definition) is 1. The van der Waals surface area contributed by atoms with E-state index in [1.54, 1.807) is 18.2 Å². The van der Waals surface area contributed by atoms with Crippen molar-refractivity contribution in [3.8, 4) is 6.01 Å². The monoisotopic (exact) mass is 341 g/mol. The number of oxazole rings is 1. The molecule has 0 spiro atoms. The number of rotatable bonds is 3. The van der Waals surface area contributed by atoms with E-state index in [4.69, 9.17) is 21.1 Å². The topological polar surface area (TPSA) is 81.1 Å². The smallest absolute Gasteiger partial charge is 0.324 e. The Bertz CT molecular complexity index is 1100. The van der Waals surface area contributed by atoms with Crippen molar-refractivity contribution >= 4 is 39.6 Å². The summed E-state index contributed by atoms with van der Waals surface area (Å²) in [5, 5.41) is 14.9. The van der Waals surface area contributed by atoms with Gasteiger partial charge in [-0.3, -0.25) is 4.79 Å². The highest BCUT2D eigenvalue weighted by molar-refractivity contribution is 6.31. The van der Waals surface area contributed by atoms with Crippen LogP contribution in [0.25, 0.3) is 28.0 Å². The van der Waals surface area contributed by atoms with Gasteiger partial charge in [0.1, 0.15) is 5.52 Å². The van der Waals surface area contributed by atoms with Crippen molar-refractivity contribution in [2.75, 3.05) is 0 Å². The number of benzene rings is 2. The molecule has 24 heavy (non-hydrogen) atoms. The summed E-state index contributed by atoms with van der Waals surface area (Å²) in [5.41, 5.74) is 3.40. The normalized spacial score (nSPS) is 11.4. The number of aromatic nitrogens is 3. The van der Waals surface area contributed by atoms with Gasteiger partial charge in [-0.1, -0.05) is 23.7 Å². The Morgan fingerprint density at radius 2 is 2.17 bits per heavy atom. The first-order valence-corrected chi connectivity index (χ1v) is 7.66. The van der Waals surface area contributed by atoms with E-state index in [1.165, 1.54) is 4.68 Å². The Morgan fingerprint density at radius 3 is 2.96 bits per heavy atom. The number of halogens is 1. The zero-order chi connectivity index (χ0) is 16.8. The molecule has 0 fully saturated rings. The Balaban J connectivity index is 1.98. The van der Waals surface area contributed by atoms with Crippen LogP contribution < -0.4 is 0 Å². The zero-order valence-corrected chi connectivity index (χ0v) is 13.4. The van der Waals surface area contributed by atoms with Crippen LogP contribution in [0.5, 0.6) is 0 Å². The standard InChI is InChI=1S/C17H12ClN3O3/c1-9-3-2-4-13-16(9)12(8-15(22)23)20-21(13)17-19-11-7-10(18)5-6-14(11)24-17/h2-7H,8H2,1H3,(H,22,23). The lowest BCUT2D eigenvalue weighted by atomic mass is 10.1. The van der Waals surface area contributed by atoms with Crippen LogP contribution in [0.3, 0.4) is 0 Å². The van der Waals surface area contributed by atoms with Crippen molar-refractivity contribution in [2.24, 2.45) is 0 Å². The van der Waals surface area contributed by atoms with Crippen molar-refractivity contribution < 1.29 is 14.3 Å². The fraction of sp³-hybridized carbons (Fsp3) is 0.118. The molecule has 0 saturated heterocycles. The minimum Gasteiger partial charge on any atom is -0.481 e. The molecule has 120 valence electrons. The maximum Gasteiger partial charge on any atom is 0.324 e. The van der Waals surface area contributed by atoms with E-state index in [0.29, 0.717) is 21.8 Å². The van der Waals surface area contributed by atoms with E-state index in [-0.39, 0.29) is 12.4 Å². The van der Waals surface area contributed by atoms with Gasteiger partial charge in [0.25, 0.3) is 0 Å². The van der Waals surface area contributed by atoms with Crippen molar-refractivity contribution in [3.05, 3.63) is 52.7 Å². The molecule has 0 bridgehead atoms. The summed E-state index contributed by atoms with van der Waals surface area (Å²) in [7, 11) is 0. The van der Waals surface area contributed by atoms with Gasteiger partial charge in [0.05, 0.1) is 17.6 Å². The second-order valence-corrected chi connectivity index (χ2v) is 5.94. The molecular formula is C17H12ClN3O3. The Hall–Kier alpha value is -2.86. The lowest BCUT2D eigenvalue weighted by molar-refractivity contribution is -0.136. The summed E-state index contributed by atoms with van der Waals surface area (Å²) >= 11 is 5.98. The molecule has 2 aromatic carbocycles. The summed E-state index contributed by atoms with van der Waals surface area (Å²) in [6, 6.07) is 11.1. The molecule has 0 aliphatic heterocycles. The Kier molecular flexibility index (Phi) is 3.28. The number of carboxylic acid groups (broad SMARTS) is 1. The van der Waals surface area contributed by atoms with Gasteiger partial charge in [-0.15, -0.1) is 0 Å². The van der Waals surface area contributed by atoms with Crippen LogP contribution in [-0.4, -0.2) is 25.8 Å². The summed E-state index contributed by atoms with van der Waals surface area (Å²) in [5.74, 6) is -0.936. The molecule has 4 aromatic rings. The summed E-state index contributed by atoms with van der Waals surface area (Å²) < 4.78 is 7.29. The largest absolute Gasteiger partial charge is 0.481 e. The first-order chi connectivity index (χ1) is 11.5. The van der Waals surface area contributed by atoms with Gasteiger partial charge in [-0.2, -0.15) is 14.8 Å². The number of carbonyl (C=O) groups is 1. The van der Waals surface area contributed by atoms with Crippen LogP contribution in [0.2, 0.25) is 5.02 Å². The fourth-order valence-electron chi connectivity index (χ4n) is 2.82. The second kappa shape index (κ2) is 5.35. The number of carboxylic acids is 1. The molecule has 0 aliphatic carbocycles. The van der Waals surface area contributed by atoms with E-state index >= 15 is 0 Å². The summed E-state index contributed by atoms with van der Waals surface area (Å²) in [6.07, 6.45) is -0.166. The van der Waals surface area contributed by atoms with E-state index < -0.39 is 5.97 Å². The highest BCUT2D eigenvalue weighted by atomic mass is 35.5. The molecule has 0 unspecified atom stereocenters. The molecule has 2 aromatic heterocycles. The Labute approximate surface area is 141 Å². The lowest BCUT2D eigenvalue weighted by Gasteiger charge is -1.98. The van der Waals surface area contributed by atoms with Gasteiger partial charge in [-0.25, -0.2) is 0 Å².